The smallest absolute Gasteiger partial charge is 0.305 e. The van der Waals surface area contributed by atoms with Crippen molar-refractivity contribution in [1.82, 2.24) is 9.38 Å². The van der Waals surface area contributed by atoms with Gasteiger partial charge >= 0.3 is 12.1 Å². The summed E-state index contributed by atoms with van der Waals surface area (Å²) in [5.41, 5.74) is 1.40. The fraction of sp³-hybridized carbons (Fsp3) is 0.200. The van der Waals surface area contributed by atoms with Gasteiger partial charge in [0.25, 0.3) is 0 Å². The number of anilines is 1. The maximum atomic E-state index is 12.0. The van der Waals surface area contributed by atoms with E-state index in [2.05, 4.69) is 4.98 Å². The van der Waals surface area contributed by atoms with E-state index in [9.17, 15) is 18.0 Å². The van der Waals surface area contributed by atoms with Gasteiger partial charge < -0.3 is 9.72 Å². The minimum absolute atomic E-state index is 0.127. The average molecular weight is 243 g/mol. The summed E-state index contributed by atoms with van der Waals surface area (Å²) in [6.45, 7) is 1.84. The molecule has 2 heterocycles. The van der Waals surface area contributed by atoms with Crippen molar-refractivity contribution in [1.29, 1.82) is 0 Å². The molecule has 90 valence electrons. The Labute approximate surface area is 94.1 Å². The largest absolute Gasteiger partial charge is 0.471 e. The predicted octanol–water partition coefficient (Wildman–Crippen LogP) is 2.14. The molecule has 0 atom stereocenters. The summed E-state index contributed by atoms with van der Waals surface area (Å²) in [4.78, 5) is 14.5. The first-order valence-electron chi connectivity index (χ1n) is 4.70. The fourth-order valence-electron chi connectivity index (χ4n) is 1.35. The quantitative estimate of drug-likeness (QED) is 0.834. The van der Waals surface area contributed by atoms with Gasteiger partial charge in [0.2, 0.25) is 0 Å². The zero-order valence-electron chi connectivity index (χ0n) is 8.75. The summed E-state index contributed by atoms with van der Waals surface area (Å²) in [6, 6.07) is 3.43. The van der Waals surface area contributed by atoms with E-state index in [0.717, 1.165) is 5.56 Å². The normalized spacial score (nSPS) is 11.8. The van der Waals surface area contributed by atoms with Crippen LogP contribution in [0.1, 0.15) is 5.56 Å². The van der Waals surface area contributed by atoms with Gasteiger partial charge in [0.1, 0.15) is 5.65 Å². The minimum Gasteiger partial charge on any atom is -0.305 e. The van der Waals surface area contributed by atoms with E-state index in [-0.39, 0.29) is 5.82 Å². The van der Waals surface area contributed by atoms with Gasteiger partial charge in [0, 0.05) is 6.20 Å². The number of fused-ring (bicyclic) bond motifs is 1. The lowest BCUT2D eigenvalue weighted by Crippen LogP contribution is -2.30. The third-order valence-electron chi connectivity index (χ3n) is 2.10. The van der Waals surface area contributed by atoms with Crippen molar-refractivity contribution in [3.63, 3.8) is 0 Å². The highest BCUT2D eigenvalue weighted by Crippen LogP contribution is 2.18. The Morgan fingerprint density at radius 1 is 1.35 bits per heavy atom. The van der Waals surface area contributed by atoms with Crippen LogP contribution in [-0.2, 0) is 4.79 Å². The number of carbonyl (C=O) groups is 1. The first-order valence-corrected chi connectivity index (χ1v) is 4.70. The first kappa shape index (κ1) is 11.4. The van der Waals surface area contributed by atoms with Crippen LogP contribution < -0.4 is 5.32 Å². The molecular weight excluding hydrogens is 235 g/mol. The van der Waals surface area contributed by atoms with Gasteiger partial charge in [-0.05, 0) is 18.6 Å². The standard InChI is InChI=1S/C10H8F3N3O/c1-6-2-3-8-14-7(5-16(8)4-6)15-9(17)10(11,12)13/h2-5H,1H3,(H,15,17). The van der Waals surface area contributed by atoms with Gasteiger partial charge in [-0.2, -0.15) is 13.2 Å². The van der Waals surface area contributed by atoms with E-state index in [0.29, 0.717) is 5.65 Å². The molecule has 0 bridgehead atoms. The molecule has 17 heavy (non-hydrogen) atoms. The molecule has 2 rings (SSSR count). The molecule has 4 nitrogen and oxygen atoms in total. The van der Waals surface area contributed by atoms with Crippen LogP contribution in [-0.4, -0.2) is 21.5 Å². The highest BCUT2D eigenvalue weighted by atomic mass is 19.4. The maximum absolute atomic E-state index is 12.0. The number of alkyl halides is 3. The summed E-state index contributed by atoms with van der Waals surface area (Å²) >= 11 is 0. The van der Waals surface area contributed by atoms with Gasteiger partial charge in [-0.3, -0.25) is 4.79 Å². The molecule has 0 aliphatic heterocycles. The molecule has 0 aliphatic rings. The number of imidazole rings is 1. The van der Waals surface area contributed by atoms with Gasteiger partial charge in [0.05, 0.1) is 6.20 Å². The molecule has 2 aromatic rings. The summed E-state index contributed by atoms with van der Waals surface area (Å²) in [5.74, 6) is -2.16. The second kappa shape index (κ2) is 3.76. The third kappa shape index (κ3) is 2.38. The number of halogens is 3. The molecule has 0 spiro atoms. The van der Waals surface area contributed by atoms with Crippen LogP contribution in [0.4, 0.5) is 19.0 Å². The summed E-state index contributed by atoms with van der Waals surface area (Å²) in [7, 11) is 0. The van der Waals surface area contributed by atoms with E-state index in [1.165, 1.54) is 6.20 Å². The second-order valence-corrected chi connectivity index (χ2v) is 3.55. The van der Waals surface area contributed by atoms with Crippen molar-refractivity contribution in [2.24, 2.45) is 0 Å². The van der Waals surface area contributed by atoms with Crippen LogP contribution in [0.2, 0.25) is 0 Å². The van der Waals surface area contributed by atoms with Crippen molar-refractivity contribution in [3.8, 4) is 0 Å². The maximum Gasteiger partial charge on any atom is 0.471 e. The van der Waals surface area contributed by atoms with E-state index in [4.69, 9.17) is 0 Å². The van der Waals surface area contributed by atoms with Gasteiger partial charge in [-0.25, -0.2) is 4.98 Å². The zero-order valence-corrected chi connectivity index (χ0v) is 8.75. The molecule has 2 aromatic heterocycles. The molecule has 0 aliphatic carbocycles. The van der Waals surface area contributed by atoms with Gasteiger partial charge in [-0.15, -0.1) is 0 Å². The molecule has 0 unspecified atom stereocenters. The minimum atomic E-state index is -4.91. The molecule has 0 saturated heterocycles. The van der Waals surface area contributed by atoms with Crippen LogP contribution in [0.25, 0.3) is 5.65 Å². The Hall–Kier alpha value is -2.05. The lowest BCUT2D eigenvalue weighted by molar-refractivity contribution is -0.167. The Balaban J connectivity index is 2.29. The van der Waals surface area contributed by atoms with E-state index >= 15 is 0 Å². The SMILES string of the molecule is Cc1ccc2nc(NC(=O)C(F)(F)F)cn2c1. The fourth-order valence-corrected chi connectivity index (χ4v) is 1.35. The number of hydrogen-bond donors (Lipinski definition) is 1. The first-order chi connectivity index (χ1) is 7.86. The molecule has 0 aromatic carbocycles. The van der Waals surface area contributed by atoms with Crippen LogP contribution in [0.15, 0.2) is 24.5 Å². The Kier molecular flexibility index (Phi) is 2.53. The Morgan fingerprint density at radius 2 is 2.06 bits per heavy atom. The number of pyridine rings is 1. The van der Waals surface area contributed by atoms with Crippen LogP contribution in [0.3, 0.4) is 0 Å². The van der Waals surface area contributed by atoms with E-state index in [1.54, 1.807) is 28.0 Å². The monoisotopic (exact) mass is 243 g/mol. The lowest BCUT2D eigenvalue weighted by Gasteiger charge is -2.04. The topological polar surface area (TPSA) is 46.4 Å². The van der Waals surface area contributed by atoms with Crippen molar-refractivity contribution >= 4 is 17.4 Å². The number of carbonyl (C=O) groups excluding carboxylic acids is 1. The van der Waals surface area contributed by atoms with Crippen molar-refractivity contribution < 1.29 is 18.0 Å². The van der Waals surface area contributed by atoms with Crippen molar-refractivity contribution in [3.05, 3.63) is 30.1 Å². The number of nitrogens with one attached hydrogen (secondary N) is 1. The zero-order chi connectivity index (χ0) is 12.6. The van der Waals surface area contributed by atoms with E-state index in [1.807, 2.05) is 6.92 Å². The van der Waals surface area contributed by atoms with Crippen molar-refractivity contribution in [2.45, 2.75) is 13.1 Å². The Bertz CT molecular complexity index is 574. The molecule has 0 radical (unpaired) electrons. The van der Waals surface area contributed by atoms with Gasteiger partial charge in [-0.1, -0.05) is 6.07 Å². The lowest BCUT2D eigenvalue weighted by atomic mass is 10.3. The molecule has 0 fully saturated rings. The number of hydrogen-bond acceptors (Lipinski definition) is 2. The van der Waals surface area contributed by atoms with Crippen LogP contribution in [0.5, 0.6) is 0 Å². The highest BCUT2D eigenvalue weighted by Gasteiger charge is 2.39. The number of aromatic nitrogens is 2. The summed E-state index contributed by atoms with van der Waals surface area (Å²) < 4.78 is 37.6. The molecular formula is C10H8F3N3O. The highest BCUT2D eigenvalue weighted by molar-refractivity contribution is 5.94. The number of rotatable bonds is 1. The number of amides is 1. The van der Waals surface area contributed by atoms with Crippen LogP contribution >= 0.6 is 0 Å². The van der Waals surface area contributed by atoms with Crippen LogP contribution in [0, 0.1) is 6.92 Å². The summed E-state index contributed by atoms with van der Waals surface area (Å²) in [5, 5.41) is 1.69. The Morgan fingerprint density at radius 3 is 2.71 bits per heavy atom. The molecule has 1 amide bonds. The number of aryl methyl sites for hydroxylation is 1. The molecule has 1 N–H and O–H groups in total. The average Bonchev–Trinajstić information content (AvgIpc) is 2.57. The summed E-state index contributed by atoms with van der Waals surface area (Å²) in [6.07, 6.45) is -1.89. The van der Waals surface area contributed by atoms with Gasteiger partial charge in [0.15, 0.2) is 5.82 Å². The third-order valence-corrected chi connectivity index (χ3v) is 2.10. The predicted molar refractivity (Wildman–Crippen MR) is 54.6 cm³/mol. The second-order valence-electron chi connectivity index (χ2n) is 3.55. The number of nitrogens with zero attached hydrogens (tertiary/aromatic N) is 2. The molecule has 7 heteroatoms. The van der Waals surface area contributed by atoms with E-state index < -0.39 is 12.1 Å². The van der Waals surface area contributed by atoms with Crippen molar-refractivity contribution in [2.75, 3.05) is 5.32 Å². The molecule has 0 saturated carbocycles.